The number of aliphatic hydroxyl groups excluding tert-OH is 1. The van der Waals surface area contributed by atoms with Crippen LogP contribution in [-0.4, -0.2) is 40.5 Å². The van der Waals surface area contributed by atoms with Crippen molar-refractivity contribution in [3.8, 4) is 17.1 Å². The Kier molecular flexibility index (Phi) is 7.85. The number of carbonyl (C=O) groups excluding carboxylic acids is 1. The Morgan fingerprint density at radius 2 is 1.91 bits per heavy atom. The highest BCUT2D eigenvalue weighted by molar-refractivity contribution is 5.69. The number of pyridine rings is 1. The molecule has 0 amide bonds. The van der Waals surface area contributed by atoms with Crippen molar-refractivity contribution >= 4 is 5.97 Å². The van der Waals surface area contributed by atoms with Crippen molar-refractivity contribution in [1.82, 2.24) is 4.98 Å². The highest BCUT2D eigenvalue weighted by atomic mass is 16.7. The van der Waals surface area contributed by atoms with E-state index in [0.717, 1.165) is 31.2 Å². The lowest BCUT2D eigenvalue weighted by Gasteiger charge is -2.67. The highest BCUT2D eigenvalue weighted by Crippen LogP contribution is 2.68. The molecule has 0 bridgehead atoms. The molecule has 2 aliphatic carbocycles. The van der Waals surface area contributed by atoms with Crippen LogP contribution in [0.3, 0.4) is 0 Å². The minimum atomic E-state index is -1.21. The van der Waals surface area contributed by atoms with Crippen LogP contribution in [0.5, 0.6) is 5.75 Å². The summed E-state index contributed by atoms with van der Waals surface area (Å²) in [6.45, 7) is 8.78. The van der Waals surface area contributed by atoms with E-state index in [9.17, 15) is 14.7 Å². The van der Waals surface area contributed by atoms with Crippen molar-refractivity contribution in [2.75, 3.05) is 6.61 Å². The van der Waals surface area contributed by atoms with Crippen LogP contribution in [0, 0.1) is 22.7 Å². The van der Waals surface area contributed by atoms with Gasteiger partial charge in [-0.15, -0.1) is 0 Å². The van der Waals surface area contributed by atoms with E-state index in [1.807, 2.05) is 44.2 Å². The number of hydrogen-bond acceptors (Lipinski definition) is 9. The summed E-state index contributed by atoms with van der Waals surface area (Å²) in [4.78, 5) is 31.0. The largest absolute Gasteiger partial charge is 0.482 e. The average Bonchev–Trinajstić information content (AvgIpc) is 3.04. The van der Waals surface area contributed by atoms with E-state index in [4.69, 9.17) is 23.4 Å². The summed E-state index contributed by atoms with van der Waals surface area (Å²) in [5, 5.41) is 12.3. The summed E-state index contributed by atoms with van der Waals surface area (Å²) in [6, 6.07) is 15.1. The second-order valence-electron chi connectivity index (χ2n) is 14.2. The van der Waals surface area contributed by atoms with E-state index in [1.54, 1.807) is 30.6 Å². The molecule has 9 nitrogen and oxygen atoms in total. The molecule has 1 aromatic carbocycles. The highest BCUT2D eigenvalue weighted by Gasteiger charge is 2.71. The van der Waals surface area contributed by atoms with Crippen LogP contribution in [0.25, 0.3) is 11.3 Å². The fourth-order valence-electron chi connectivity index (χ4n) is 9.18. The Morgan fingerprint density at radius 3 is 2.65 bits per heavy atom. The fraction of sp³-hybridized carbons (Fsp3) is 0.541. The number of carbonyl (C=O) groups is 1. The number of benzene rings is 1. The third-order valence-corrected chi connectivity index (χ3v) is 11.4. The Hall–Kier alpha value is -3.53. The van der Waals surface area contributed by atoms with Crippen molar-refractivity contribution in [3.05, 3.63) is 82.5 Å². The summed E-state index contributed by atoms with van der Waals surface area (Å²) >= 11 is 0. The summed E-state index contributed by atoms with van der Waals surface area (Å²) < 4.78 is 32.0. The third kappa shape index (κ3) is 4.90. The molecule has 3 fully saturated rings. The Labute approximate surface area is 269 Å². The second-order valence-corrected chi connectivity index (χ2v) is 14.2. The lowest BCUT2D eigenvalue weighted by molar-refractivity contribution is -0.331. The van der Waals surface area contributed by atoms with Crippen LogP contribution in [0.4, 0.5) is 0 Å². The molecule has 3 aromatic rings. The quantitative estimate of drug-likeness (QED) is 0.303. The van der Waals surface area contributed by atoms with Gasteiger partial charge in [0.2, 0.25) is 0 Å². The maximum Gasteiger partial charge on any atom is 0.345 e. The Balaban J connectivity index is 1.29. The molecule has 1 N–H and O–H groups in total. The molecular weight excluding hydrogens is 586 g/mol. The van der Waals surface area contributed by atoms with Crippen molar-refractivity contribution in [2.24, 2.45) is 22.7 Å². The van der Waals surface area contributed by atoms with Gasteiger partial charge in [0.25, 0.3) is 0 Å². The molecule has 0 radical (unpaired) electrons. The van der Waals surface area contributed by atoms with Gasteiger partial charge >= 0.3 is 11.6 Å². The van der Waals surface area contributed by atoms with E-state index in [-0.39, 0.29) is 29.3 Å². The first-order valence-electron chi connectivity index (χ1n) is 16.6. The molecule has 4 heterocycles. The van der Waals surface area contributed by atoms with Crippen LogP contribution in [0.15, 0.2) is 70.1 Å². The normalized spacial score (nSPS) is 36.3. The molecule has 7 rings (SSSR count). The number of hydrogen-bond donors (Lipinski definition) is 1. The van der Waals surface area contributed by atoms with Crippen LogP contribution in [0.1, 0.15) is 89.7 Å². The first-order valence-corrected chi connectivity index (χ1v) is 16.6. The monoisotopic (exact) mass is 629 g/mol. The average molecular weight is 630 g/mol. The maximum atomic E-state index is 13.6. The number of fused-ring (bicyclic) bond motifs is 6. The first kappa shape index (κ1) is 31.1. The van der Waals surface area contributed by atoms with E-state index in [0.29, 0.717) is 30.8 Å². The van der Waals surface area contributed by atoms with Crippen LogP contribution in [-0.2, 0) is 19.0 Å². The van der Waals surface area contributed by atoms with Crippen LogP contribution < -0.4 is 10.4 Å². The molecule has 9 atom stereocenters. The Bertz CT molecular complexity index is 1640. The molecule has 1 saturated heterocycles. The predicted octanol–water partition coefficient (Wildman–Crippen LogP) is 6.55. The molecule has 9 heteroatoms. The summed E-state index contributed by atoms with van der Waals surface area (Å²) in [5.41, 5.74) is -1.03. The zero-order chi connectivity index (χ0) is 32.3. The van der Waals surface area contributed by atoms with Gasteiger partial charge in [-0.3, -0.25) is 9.78 Å². The van der Waals surface area contributed by atoms with Crippen LogP contribution in [0.2, 0.25) is 0 Å². The standard InChI is InChI=1S/C37H43NO8/c1-5-6-14-29(39)44-28-19-26-35(2,16-15-27-36(26,3)21-42-34(45-27)22-11-8-7-9-12-22)32-31(40)30-25(46-37(28,32)4)18-24(43-33(30)41)23-13-10-17-38-20-23/h7-13,17-18,20,26-28,31-32,34,40H,5-6,14-16,19,21H2,1-4H3/t26?,27-,28-,31?,32?,34?,35-,36-,37+/m0/s1. The number of rotatable bonds is 6. The van der Waals surface area contributed by atoms with Crippen molar-refractivity contribution in [2.45, 2.75) is 96.4 Å². The topological polar surface area (TPSA) is 117 Å². The molecular formula is C37H43NO8. The number of esters is 1. The van der Waals surface area contributed by atoms with E-state index in [2.05, 4.69) is 18.8 Å². The number of aliphatic hydroxyl groups is 1. The van der Waals surface area contributed by atoms with Gasteiger partial charge < -0.3 is 28.5 Å². The minimum Gasteiger partial charge on any atom is -0.482 e. The number of aromatic nitrogens is 1. The zero-order valence-corrected chi connectivity index (χ0v) is 26.9. The molecule has 4 aliphatic rings. The minimum absolute atomic E-state index is 0.0703. The number of ether oxygens (including phenoxy) is 4. The van der Waals surface area contributed by atoms with Crippen molar-refractivity contribution in [1.29, 1.82) is 0 Å². The van der Waals surface area contributed by atoms with E-state index in [1.165, 1.54) is 0 Å². The molecule has 2 aliphatic heterocycles. The summed E-state index contributed by atoms with van der Waals surface area (Å²) in [5.74, 6) is -0.403. The van der Waals surface area contributed by atoms with E-state index >= 15 is 0 Å². The van der Waals surface area contributed by atoms with Crippen LogP contribution >= 0.6 is 0 Å². The lowest BCUT2D eigenvalue weighted by atomic mass is 9.42. The fourth-order valence-corrected chi connectivity index (χ4v) is 9.18. The van der Waals surface area contributed by atoms with Crippen molar-refractivity contribution in [3.63, 3.8) is 0 Å². The SMILES string of the molecule is CCCCC(=O)O[C@H]1CC2[C@](C)(CC[C@@H]3OC(c4ccccc4)OC[C@@]23C)C2C(O)c3c(cc(-c4cccnc4)oc3=O)O[C@@]21C. The second kappa shape index (κ2) is 11.6. The van der Waals surface area contributed by atoms with E-state index < -0.39 is 46.5 Å². The van der Waals surface area contributed by atoms with Gasteiger partial charge in [0.05, 0.1) is 18.8 Å². The summed E-state index contributed by atoms with van der Waals surface area (Å²) in [6.07, 6.45) is 4.66. The molecule has 0 spiro atoms. The van der Waals surface area contributed by atoms with Crippen molar-refractivity contribution < 1.29 is 33.3 Å². The first-order chi connectivity index (χ1) is 22.1. The molecule has 4 unspecified atom stereocenters. The summed E-state index contributed by atoms with van der Waals surface area (Å²) in [7, 11) is 0. The van der Waals surface area contributed by atoms with Gasteiger partial charge in [-0.2, -0.15) is 0 Å². The van der Waals surface area contributed by atoms with Gasteiger partial charge in [-0.05, 0) is 56.1 Å². The van der Waals surface area contributed by atoms with Gasteiger partial charge in [0.15, 0.2) is 6.29 Å². The predicted molar refractivity (Wildman–Crippen MR) is 169 cm³/mol. The zero-order valence-electron chi connectivity index (χ0n) is 26.9. The van der Waals surface area contributed by atoms with Gasteiger partial charge in [-0.1, -0.05) is 57.5 Å². The number of nitrogens with zero attached hydrogens (tertiary/aromatic N) is 1. The van der Waals surface area contributed by atoms with Gasteiger partial charge in [0, 0.05) is 47.3 Å². The maximum absolute atomic E-state index is 13.6. The third-order valence-electron chi connectivity index (χ3n) is 11.4. The Morgan fingerprint density at radius 1 is 1.11 bits per heavy atom. The molecule has 244 valence electrons. The van der Waals surface area contributed by atoms with Gasteiger partial charge in [-0.25, -0.2) is 4.79 Å². The number of unbranched alkanes of at least 4 members (excludes halogenated alkanes) is 1. The molecule has 2 aromatic heterocycles. The van der Waals surface area contributed by atoms with Gasteiger partial charge in [0.1, 0.15) is 28.8 Å². The lowest BCUT2D eigenvalue weighted by Crippen LogP contribution is -2.71. The molecule has 2 saturated carbocycles. The smallest absolute Gasteiger partial charge is 0.345 e. The molecule has 46 heavy (non-hydrogen) atoms.